The summed E-state index contributed by atoms with van der Waals surface area (Å²) in [4.78, 5) is 14.5. The molecule has 1 N–H and O–H groups in total. The molecule has 0 bridgehead atoms. The maximum absolute atomic E-state index is 10.6. The standard InChI is InChI=1S/C8H9ClN2O/c1-5-3-8(11-6(2)12)10-4-7(5)9/h3-4H,1-2H3,(H,10,11,12). The molecule has 4 heteroatoms. The van der Waals surface area contributed by atoms with Gasteiger partial charge in [0.05, 0.1) is 5.02 Å². The Morgan fingerprint density at radius 3 is 2.83 bits per heavy atom. The van der Waals surface area contributed by atoms with Crippen molar-refractivity contribution in [3.05, 3.63) is 22.8 Å². The van der Waals surface area contributed by atoms with Crippen molar-refractivity contribution in [1.29, 1.82) is 0 Å². The predicted octanol–water partition coefficient (Wildman–Crippen LogP) is 2.00. The lowest BCUT2D eigenvalue weighted by Crippen LogP contribution is -2.07. The molecule has 0 saturated carbocycles. The second-order valence-electron chi connectivity index (χ2n) is 2.50. The Morgan fingerprint density at radius 2 is 2.33 bits per heavy atom. The summed E-state index contributed by atoms with van der Waals surface area (Å²) in [7, 11) is 0. The summed E-state index contributed by atoms with van der Waals surface area (Å²) >= 11 is 5.74. The van der Waals surface area contributed by atoms with Crippen LogP contribution in [0.2, 0.25) is 5.02 Å². The van der Waals surface area contributed by atoms with Gasteiger partial charge in [0.15, 0.2) is 0 Å². The maximum atomic E-state index is 10.6. The molecular weight excluding hydrogens is 176 g/mol. The van der Waals surface area contributed by atoms with Gasteiger partial charge >= 0.3 is 0 Å². The summed E-state index contributed by atoms with van der Waals surface area (Å²) in [5, 5.41) is 3.17. The molecule has 0 aliphatic carbocycles. The van der Waals surface area contributed by atoms with E-state index in [2.05, 4.69) is 10.3 Å². The number of aromatic nitrogens is 1. The molecule has 0 saturated heterocycles. The van der Waals surface area contributed by atoms with Crippen molar-refractivity contribution in [3.8, 4) is 0 Å². The van der Waals surface area contributed by atoms with E-state index in [0.717, 1.165) is 5.56 Å². The zero-order chi connectivity index (χ0) is 9.14. The molecule has 0 radical (unpaired) electrons. The number of carbonyl (C=O) groups excluding carboxylic acids is 1. The molecule has 0 unspecified atom stereocenters. The Morgan fingerprint density at radius 1 is 1.67 bits per heavy atom. The van der Waals surface area contributed by atoms with E-state index in [0.29, 0.717) is 10.8 Å². The molecule has 0 fully saturated rings. The predicted molar refractivity (Wildman–Crippen MR) is 48.3 cm³/mol. The van der Waals surface area contributed by atoms with Crippen molar-refractivity contribution in [1.82, 2.24) is 4.98 Å². The van der Waals surface area contributed by atoms with Gasteiger partial charge in [-0.1, -0.05) is 11.6 Å². The van der Waals surface area contributed by atoms with Gasteiger partial charge in [0.25, 0.3) is 0 Å². The van der Waals surface area contributed by atoms with E-state index in [1.807, 2.05) is 6.92 Å². The van der Waals surface area contributed by atoms with Crippen LogP contribution in [-0.2, 0) is 4.79 Å². The van der Waals surface area contributed by atoms with Crippen LogP contribution in [0.25, 0.3) is 0 Å². The Bertz CT molecular complexity index is 312. The van der Waals surface area contributed by atoms with Crippen LogP contribution in [0.4, 0.5) is 5.82 Å². The molecule has 1 amide bonds. The van der Waals surface area contributed by atoms with E-state index in [4.69, 9.17) is 11.6 Å². The molecule has 3 nitrogen and oxygen atoms in total. The van der Waals surface area contributed by atoms with Crippen molar-refractivity contribution in [2.24, 2.45) is 0 Å². The second kappa shape index (κ2) is 3.54. The van der Waals surface area contributed by atoms with Crippen molar-refractivity contribution in [3.63, 3.8) is 0 Å². The normalized spacial score (nSPS) is 9.58. The minimum Gasteiger partial charge on any atom is -0.311 e. The molecule has 12 heavy (non-hydrogen) atoms. The van der Waals surface area contributed by atoms with Crippen LogP contribution >= 0.6 is 11.6 Å². The van der Waals surface area contributed by atoms with Crippen LogP contribution in [0.15, 0.2) is 12.3 Å². The topological polar surface area (TPSA) is 42.0 Å². The zero-order valence-corrected chi connectivity index (χ0v) is 7.64. The van der Waals surface area contributed by atoms with E-state index < -0.39 is 0 Å². The lowest BCUT2D eigenvalue weighted by Gasteiger charge is -2.02. The fraction of sp³-hybridized carbons (Fsp3) is 0.250. The Labute approximate surface area is 75.8 Å². The third-order valence-electron chi connectivity index (χ3n) is 1.35. The van der Waals surface area contributed by atoms with Crippen LogP contribution in [0.3, 0.4) is 0 Å². The van der Waals surface area contributed by atoms with E-state index in [9.17, 15) is 4.79 Å². The minimum atomic E-state index is -0.135. The number of pyridine rings is 1. The molecule has 0 aliphatic heterocycles. The van der Waals surface area contributed by atoms with Gasteiger partial charge in [-0.2, -0.15) is 0 Å². The van der Waals surface area contributed by atoms with E-state index in [1.54, 1.807) is 6.07 Å². The third-order valence-corrected chi connectivity index (χ3v) is 1.75. The van der Waals surface area contributed by atoms with Crippen LogP contribution in [0, 0.1) is 6.92 Å². The molecule has 64 valence electrons. The number of nitrogens with one attached hydrogen (secondary N) is 1. The Kier molecular flexibility index (Phi) is 2.65. The fourth-order valence-electron chi connectivity index (χ4n) is 0.788. The van der Waals surface area contributed by atoms with Crippen LogP contribution in [0.5, 0.6) is 0 Å². The molecule has 1 aromatic rings. The number of nitrogens with zero attached hydrogens (tertiary/aromatic N) is 1. The van der Waals surface area contributed by atoms with Crippen molar-refractivity contribution >= 4 is 23.3 Å². The summed E-state index contributed by atoms with van der Waals surface area (Å²) in [6.07, 6.45) is 1.52. The highest BCUT2D eigenvalue weighted by molar-refractivity contribution is 6.31. The van der Waals surface area contributed by atoms with Crippen molar-refractivity contribution in [2.45, 2.75) is 13.8 Å². The van der Waals surface area contributed by atoms with E-state index >= 15 is 0 Å². The molecule has 1 aromatic heterocycles. The highest BCUT2D eigenvalue weighted by atomic mass is 35.5. The minimum absolute atomic E-state index is 0.135. The fourth-order valence-corrected chi connectivity index (χ4v) is 0.891. The summed E-state index contributed by atoms with van der Waals surface area (Å²) in [6, 6.07) is 1.73. The number of rotatable bonds is 1. The zero-order valence-electron chi connectivity index (χ0n) is 6.89. The number of halogens is 1. The quantitative estimate of drug-likeness (QED) is 0.726. The van der Waals surface area contributed by atoms with Gasteiger partial charge in [0.2, 0.25) is 5.91 Å². The summed E-state index contributed by atoms with van der Waals surface area (Å²) in [5.74, 6) is 0.397. The number of carbonyl (C=O) groups is 1. The SMILES string of the molecule is CC(=O)Nc1cc(C)c(Cl)cn1. The molecule has 0 spiro atoms. The lowest BCUT2D eigenvalue weighted by molar-refractivity contribution is -0.114. The first-order chi connectivity index (χ1) is 5.59. The average Bonchev–Trinajstić information content (AvgIpc) is 1.96. The lowest BCUT2D eigenvalue weighted by atomic mass is 10.3. The molecule has 0 aliphatic rings. The maximum Gasteiger partial charge on any atom is 0.222 e. The summed E-state index contributed by atoms with van der Waals surface area (Å²) in [5.41, 5.74) is 0.899. The number of hydrogen-bond acceptors (Lipinski definition) is 2. The Balaban J connectivity index is 2.89. The number of hydrogen-bond donors (Lipinski definition) is 1. The number of aryl methyl sites for hydroxylation is 1. The van der Waals surface area contributed by atoms with Gasteiger partial charge < -0.3 is 5.32 Å². The van der Waals surface area contributed by atoms with Crippen LogP contribution < -0.4 is 5.32 Å². The molecular formula is C8H9ClN2O. The van der Waals surface area contributed by atoms with Gasteiger partial charge in [-0.3, -0.25) is 4.79 Å². The van der Waals surface area contributed by atoms with Gasteiger partial charge in [-0.05, 0) is 18.6 Å². The first-order valence-electron chi connectivity index (χ1n) is 3.49. The smallest absolute Gasteiger partial charge is 0.222 e. The monoisotopic (exact) mass is 184 g/mol. The summed E-state index contributed by atoms with van der Waals surface area (Å²) in [6.45, 7) is 3.29. The molecule has 1 heterocycles. The van der Waals surface area contributed by atoms with E-state index in [1.165, 1.54) is 13.1 Å². The highest BCUT2D eigenvalue weighted by Crippen LogP contribution is 2.16. The molecule has 0 aromatic carbocycles. The van der Waals surface area contributed by atoms with Crippen molar-refractivity contribution < 1.29 is 4.79 Å². The molecule has 1 rings (SSSR count). The van der Waals surface area contributed by atoms with Gasteiger partial charge in [0, 0.05) is 13.1 Å². The largest absolute Gasteiger partial charge is 0.311 e. The number of amides is 1. The van der Waals surface area contributed by atoms with Gasteiger partial charge in [-0.15, -0.1) is 0 Å². The number of anilines is 1. The first-order valence-corrected chi connectivity index (χ1v) is 3.87. The van der Waals surface area contributed by atoms with E-state index in [-0.39, 0.29) is 5.91 Å². The highest BCUT2D eigenvalue weighted by Gasteiger charge is 1.99. The summed E-state index contributed by atoms with van der Waals surface area (Å²) < 4.78 is 0. The van der Waals surface area contributed by atoms with Crippen LogP contribution in [0.1, 0.15) is 12.5 Å². The van der Waals surface area contributed by atoms with Gasteiger partial charge in [0.1, 0.15) is 5.82 Å². The van der Waals surface area contributed by atoms with Gasteiger partial charge in [-0.25, -0.2) is 4.98 Å². The average molecular weight is 185 g/mol. The third kappa shape index (κ3) is 2.20. The molecule has 0 atom stereocenters. The van der Waals surface area contributed by atoms with Crippen LogP contribution in [-0.4, -0.2) is 10.9 Å². The first kappa shape index (κ1) is 9.00. The second-order valence-corrected chi connectivity index (χ2v) is 2.91. The van der Waals surface area contributed by atoms with Crippen molar-refractivity contribution in [2.75, 3.05) is 5.32 Å². The Hall–Kier alpha value is -1.09.